The van der Waals surface area contributed by atoms with Gasteiger partial charge in [-0.15, -0.1) is 0 Å². The van der Waals surface area contributed by atoms with Gasteiger partial charge in [0.2, 0.25) is 0 Å². The monoisotopic (exact) mass is 299 g/mol. The van der Waals surface area contributed by atoms with Crippen LogP contribution in [0.2, 0.25) is 0 Å². The molecule has 0 fully saturated rings. The van der Waals surface area contributed by atoms with Crippen LogP contribution in [0.15, 0.2) is 22.7 Å². The minimum atomic E-state index is -0.0378. The van der Waals surface area contributed by atoms with Crippen molar-refractivity contribution in [2.24, 2.45) is 0 Å². The molecule has 1 unspecified atom stereocenters. The fourth-order valence-corrected chi connectivity index (χ4v) is 1.71. The number of carbonyl (C=O) groups is 1. The molecule has 0 spiro atoms. The van der Waals surface area contributed by atoms with Gasteiger partial charge in [0.25, 0.3) is 5.91 Å². The molecule has 0 saturated heterocycles. The Bertz CT molecular complexity index is 393. The van der Waals surface area contributed by atoms with E-state index in [4.69, 9.17) is 4.74 Å². The summed E-state index contributed by atoms with van der Waals surface area (Å²) in [5.41, 5.74) is 1.75. The van der Waals surface area contributed by atoms with Gasteiger partial charge in [-0.1, -0.05) is 15.9 Å². The Hall–Kier alpha value is -0.870. The van der Waals surface area contributed by atoms with Crippen LogP contribution in [0.3, 0.4) is 0 Å². The van der Waals surface area contributed by atoms with Crippen LogP contribution < -0.4 is 5.32 Å². The Balaban J connectivity index is 2.60. The Morgan fingerprint density at radius 2 is 2.24 bits per heavy atom. The number of amides is 1. The molecular formula is C13H18BrNO2. The van der Waals surface area contributed by atoms with E-state index in [0.717, 1.165) is 16.5 Å². The van der Waals surface area contributed by atoms with Crippen LogP contribution in [0.5, 0.6) is 0 Å². The Kier molecular flexibility index (Phi) is 5.65. The number of hydrogen-bond donors (Lipinski definition) is 1. The topological polar surface area (TPSA) is 38.3 Å². The van der Waals surface area contributed by atoms with Gasteiger partial charge in [0.1, 0.15) is 0 Å². The van der Waals surface area contributed by atoms with Gasteiger partial charge in [-0.3, -0.25) is 4.79 Å². The average molecular weight is 300 g/mol. The smallest absolute Gasteiger partial charge is 0.251 e. The van der Waals surface area contributed by atoms with E-state index in [2.05, 4.69) is 21.2 Å². The summed E-state index contributed by atoms with van der Waals surface area (Å²) in [5.74, 6) is -0.0378. The van der Waals surface area contributed by atoms with Crippen molar-refractivity contribution in [3.05, 3.63) is 33.8 Å². The quantitative estimate of drug-likeness (QED) is 0.908. The van der Waals surface area contributed by atoms with Crippen molar-refractivity contribution >= 4 is 21.8 Å². The molecule has 1 N–H and O–H groups in total. The predicted molar refractivity (Wildman–Crippen MR) is 72.3 cm³/mol. The molecule has 0 aromatic heterocycles. The molecule has 0 radical (unpaired) electrons. The number of nitrogens with one attached hydrogen (secondary N) is 1. The lowest BCUT2D eigenvalue weighted by Gasteiger charge is -2.13. The highest BCUT2D eigenvalue weighted by molar-refractivity contribution is 9.10. The molecular weight excluding hydrogens is 282 g/mol. The van der Waals surface area contributed by atoms with Gasteiger partial charge in [-0.25, -0.2) is 0 Å². The van der Waals surface area contributed by atoms with Crippen molar-refractivity contribution in [3.63, 3.8) is 0 Å². The van der Waals surface area contributed by atoms with E-state index in [0.29, 0.717) is 12.2 Å². The van der Waals surface area contributed by atoms with Gasteiger partial charge in [0.15, 0.2) is 0 Å². The van der Waals surface area contributed by atoms with Gasteiger partial charge < -0.3 is 10.1 Å². The predicted octanol–water partition coefficient (Wildman–Crippen LogP) is 2.91. The zero-order chi connectivity index (χ0) is 12.8. The molecule has 1 aromatic rings. The van der Waals surface area contributed by atoms with Crippen LogP contribution in [-0.4, -0.2) is 25.7 Å². The highest BCUT2D eigenvalue weighted by Gasteiger charge is 2.10. The molecule has 3 nitrogen and oxygen atoms in total. The Morgan fingerprint density at radius 3 is 2.82 bits per heavy atom. The third-order valence-corrected chi connectivity index (χ3v) is 3.44. The zero-order valence-corrected chi connectivity index (χ0v) is 12.0. The highest BCUT2D eigenvalue weighted by atomic mass is 79.9. The van der Waals surface area contributed by atoms with E-state index >= 15 is 0 Å². The van der Waals surface area contributed by atoms with Crippen LogP contribution >= 0.6 is 15.9 Å². The summed E-state index contributed by atoms with van der Waals surface area (Å²) < 4.78 is 5.99. The number of rotatable bonds is 5. The highest BCUT2D eigenvalue weighted by Crippen LogP contribution is 2.17. The molecule has 1 amide bonds. The van der Waals surface area contributed by atoms with Crippen LogP contribution in [0.1, 0.15) is 29.3 Å². The zero-order valence-electron chi connectivity index (χ0n) is 10.4. The third-order valence-electron chi connectivity index (χ3n) is 2.55. The second-order valence-corrected chi connectivity index (χ2v) is 4.97. The summed E-state index contributed by atoms with van der Waals surface area (Å²) in [6.45, 7) is 4.60. The van der Waals surface area contributed by atoms with E-state index in [9.17, 15) is 4.79 Å². The molecule has 0 heterocycles. The molecule has 4 heteroatoms. The molecule has 0 aliphatic rings. The number of carbonyl (C=O) groups excluding carboxylic acids is 1. The van der Waals surface area contributed by atoms with Crippen molar-refractivity contribution in [2.45, 2.75) is 26.3 Å². The minimum Gasteiger partial charge on any atom is -0.385 e. The number of aryl methyl sites for hydroxylation is 1. The third kappa shape index (κ3) is 4.48. The summed E-state index contributed by atoms with van der Waals surface area (Å²) in [6.07, 6.45) is 0.817. The average Bonchev–Trinajstić information content (AvgIpc) is 2.30. The lowest BCUT2D eigenvalue weighted by Crippen LogP contribution is -2.33. The molecule has 0 saturated carbocycles. The van der Waals surface area contributed by atoms with Crippen molar-refractivity contribution in [2.75, 3.05) is 13.7 Å². The number of hydrogen-bond acceptors (Lipinski definition) is 2. The molecule has 17 heavy (non-hydrogen) atoms. The van der Waals surface area contributed by atoms with Crippen LogP contribution in [0, 0.1) is 6.92 Å². The van der Waals surface area contributed by atoms with E-state index in [-0.39, 0.29) is 11.9 Å². The molecule has 1 atom stereocenters. The molecule has 1 rings (SSSR count). The van der Waals surface area contributed by atoms with Crippen LogP contribution in [-0.2, 0) is 4.74 Å². The molecule has 94 valence electrons. The summed E-state index contributed by atoms with van der Waals surface area (Å²) in [6, 6.07) is 5.70. The van der Waals surface area contributed by atoms with Crippen molar-refractivity contribution < 1.29 is 9.53 Å². The van der Waals surface area contributed by atoms with Gasteiger partial charge in [0.05, 0.1) is 0 Å². The maximum absolute atomic E-state index is 11.9. The van der Waals surface area contributed by atoms with E-state index < -0.39 is 0 Å². The maximum atomic E-state index is 11.9. The van der Waals surface area contributed by atoms with Crippen molar-refractivity contribution in [1.29, 1.82) is 0 Å². The van der Waals surface area contributed by atoms with E-state index in [1.54, 1.807) is 7.11 Å². The maximum Gasteiger partial charge on any atom is 0.251 e. The summed E-state index contributed by atoms with van der Waals surface area (Å²) >= 11 is 3.42. The van der Waals surface area contributed by atoms with Crippen LogP contribution in [0.4, 0.5) is 0 Å². The normalized spacial score (nSPS) is 12.2. The van der Waals surface area contributed by atoms with Crippen molar-refractivity contribution in [3.8, 4) is 0 Å². The van der Waals surface area contributed by atoms with Crippen molar-refractivity contribution in [1.82, 2.24) is 5.32 Å². The standard InChI is InChI=1S/C13H18BrNO2/c1-9-8-11(4-5-12(9)14)13(16)15-10(2)6-7-17-3/h4-5,8,10H,6-7H2,1-3H3,(H,15,16). The first-order valence-corrected chi connectivity index (χ1v) is 6.40. The molecule has 0 bridgehead atoms. The largest absolute Gasteiger partial charge is 0.385 e. The van der Waals surface area contributed by atoms with Gasteiger partial charge in [-0.05, 0) is 44.0 Å². The first-order chi connectivity index (χ1) is 8.04. The first kappa shape index (κ1) is 14.2. The van der Waals surface area contributed by atoms with E-state index in [1.165, 1.54) is 0 Å². The van der Waals surface area contributed by atoms with Gasteiger partial charge in [0, 0.05) is 29.8 Å². The van der Waals surface area contributed by atoms with Gasteiger partial charge >= 0.3 is 0 Å². The second kappa shape index (κ2) is 6.77. The Labute approximate surface area is 111 Å². The molecule has 0 aliphatic carbocycles. The summed E-state index contributed by atoms with van der Waals surface area (Å²) in [5, 5.41) is 2.94. The molecule has 1 aromatic carbocycles. The fraction of sp³-hybridized carbons (Fsp3) is 0.462. The lowest BCUT2D eigenvalue weighted by atomic mass is 10.1. The Morgan fingerprint density at radius 1 is 1.53 bits per heavy atom. The minimum absolute atomic E-state index is 0.0378. The summed E-state index contributed by atoms with van der Waals surface area (Å²) in [7, 11) is 1.66. The number of halogens is 1. The number of methoxy groups -OCH3 is 1. The number of benzene rings is 1. The summed E-state index contributed by atoms with van der Waals surface area (Å²) in [4.78, 5) is 11.9. The fourth-order valence-electron chi connectivity index (χ4n) is 1.46. The van der Waals surface area contributed by atoms with Crippen LogP contribution in [0.25, 0.3) is 0 Å². The second-order valence-electron chi connectivity index (χ2n) is 4.12. The van der Waals surface area contributed by atoms with E-state index in [1.807, 2.05) is 32.0 Å². The lowest BCUT2D eigenvalue weighted by molar-refractivity contribution is 0.0929. The molecule has 0 aliphatic heterocycles. The first-order valence-electron chi connectivity index (χ1n) is 5.60. The number of ether oxygens (including phenoxy) is 1. The van der Waals surface area contributed by atoms with Gasteiger partial charge in [-0.2, -0.15) is 0 Å². The SMILES string of the molecule is COCCC(C)NC(=O)c1ccc(Br)c(C)c1.